The topological polar surface area (TPSA) is 0 Å². The molecule has 0 nitrogen and oxygen atoms in total. The van der Waals surface area contributed by atoms with E-state index in [1.54, 1.807) is 0 Å². The Kier molecular flexibility index (Phi) is 2.96. The molecule has 0 aliphatic rings. The molecule has 0 heterocycles. The van der Waals surface area contributed by atoms with Crippen LogP contribution in [0, 0.1) is 58.4 Å². The van der Waals surface area contributed by atoms with E-state index < -0.39 is 84.7 Å². The third-order valence-corrected chi connectivity index (χ3v) is 4.00. The summed E-state index contributed by atoms with van der Waals surface area (Å²) in [7, 11) is 0. The number of benzene rings is 4. The SMILES string of the molecule is Fc1c(F)c2c(F)c(F)c3c(F)[c]c(F)c4c(F)c(F)c(c1F)c2c34. The molecule has 4 rings (SSSR count). The van der Waals surface area contributed by atoms with Gasteiger partial charge in [0, 0.05) is 10.8 Å². The minimum Gasteiger partial charge on any atom is -0.205 e. The molecule has 25 heavy (non-hydrogen) atoms. The number of hydrogen-bond donors (Lipinski definition) is 0. The second-order valence-corrected chi connectivity index (χ2v) is 5.20. The van der Waals surface area contributed by atoms with Crippen LogP contribution in [0.1, 0.15) is 0 Å². The van der Waals surface area contributed by atoms with Crippen LogP contribution in [0.4, 0.5) is 39.5 Å². The van der Waals surface area contributed by atoms with Gasteiger partial charge in [0.05, 0.1) is 27.6 Å². The van der Waals surface area contributed by atoms with E-state index in [2.05, 4.69) is 0 Å². The predicted molar refractivity (Wildman–Crippen MR) is 68.6 cm³/mol. The quantitative estimate of drug-likeness (QED) is 0.216. The average molecular weight is 363 g/mol. The Hall–Kier alpha value is -2.71. The van der Waals surface area contributed by atoms with Crippen LogP contribution in [-0.4, -0.2) is 0 Å². The van der Waals surface area contributed by atoms with Crippen LogP contribution >= 0.6 is 0 Å². The highest BCUT2D eigenvalue weighted by Crippen LogP contribution is 2.44. The third kappa shape index (κ3) is 1.65. The van der Waals surface area contributed by atoms with Gasteiger partial charge in [-0.25, -0.2) is 39.5 Å². The summed E-state index contributed by atoms with van der Waals surface area (Å²) in [5.41, 5.74) is 0. The largest absolute Gasteiger partial charge is 0.205 e. The lowest BCUT2D eigenvalue weighted by molar-refractivity contribution is 0.448. The van der Waals surface area contributed by atoms with Gasteiger partial charge in [-0.2, -0.15) is 0 Å². The van der Waals surface area contributed by atoms with Crippen molar-refractivity contribution in [3.05, 3.63) is 58.4 Å². The van der Waals surface area contributed by atoms with Crippen LogP contribution in [0.5, 0.6) is 0 Å². The van der Waals surface area contributed by atoms with Crippen LogP contribution in [0.3, 0.4) is 0 Å². The minimum atomic E-state index is -2.39. The van der Waals surface area contributed by atoms with E-state index in [1.165, 1.54) is 6.07 Å². The predicted octanol–water partition coefficient (Wildman–Crippen LogP) is 5.64. The summed E-state index contributed by atoms with van der Waals surface area (Å²) < 4.78 is 126. The molecule has 4 aromatic rings. The lowest BCUT2D eigenvalue weighted by atomic mass is 9.91. The van der Waals surface area contributed by atoms with E-state index in [-0.39, 0.29) is 0 Å². The van der Waals surface area contributed by atoms with E-state index in [0.717, 1.165) is 0 Å². The van der Waals surface area contributed by atoms with Gasteiger partial charge in [-0.05, 0) is 0 Å². The fraction of sp³-hybridized carbons (Fsp3) is 0. The summed E-state index contributed by atoms with van der Waals surface area (Å²) in [5, 5.41) is -8.34. The Labute approximate surface area is 131 Å². The van der Waals surface area contributed by atoms with Crippen LogP contribution < -0.4 is 0 Å². The van der Waals surface area contributed by atoms with Gasteiger partial charge in [-0.3, -0.25) is 0 Å². The first kappa shape index (κ1) is 15.8. The molecule has 0 spiro atoms. The Morgan fingerprint density at radius 1 is 0.320 bits per heavy atom. The second kappa shape index (κ2) is 4.68. The first-order chi connectivity index (χ1) is 11.7. The molecule has 0 fully saturated rings. The molecular weight excluding hydrogens is 363 g/mol. The Bertz CT molecular complexity index is 1140. The van der Waals surface area contributed by atoms with Crippen molar-refractivity contribution in [3.63, 3.8) is 0 Å². The molecule has 0 aromatic heterocycles. The van der Waals surface area contributed by atoms with Gasteiger partial charge in [-0.1, -0.05) is 0 Å². The summed E-state index contributed by atoms with van der Waals surface area (Å²) in [6, 6.07) is 1.24. The van der Waals surface area contributed by atoms with Crippen molar-refractivity contribution >= 4 is 32.3 Å². The molecule has 127 valence electrons. The smallest absolute Gasteiger partial charge is 0.195 e. The van der Waals surface area contributed by atoms with E-state index in [9.17, 15) is 39.5 Å². The number of rotatable bonds is 0. The van der Waals surface area contributed by atoms with Crippen LogP contribution in [0.25, 0.3) is 32.3 Å². The number of halogens is 9. The molecule has 1 radical (unpaired) electrons. The number of hydrogen-bond acceptors (Lipinski definition) is 0. The Balaban J connectivity index is 2.61. The minimum absolute atomic E-state index is 1.16. The second-order valence-electron chi connectivity index (χ2n) is 5.20. The van der Waals surface area contributed by atoms with Gasteiger partial charge >= 0.3 is 0 Å². The fourth-order valence-corrected chi connectivity index (χ4v) is 2.99. The molecule has 0 atom stereocenters. The van der Waals surface area contributed by atoms with E-state index in [4.69, 9.17) is 0 Å². The zero-order chi connectivity index (χ0) is 18.4. The van der Waals surface area contributed by atoms with Crippen molar-refractivity contribution in [1.82, 2.24) is 0 Å². The normalized spacial score (nSPS) is 12.2. The summed E-state index contributed by atoms with van der Waals surface area (Å²) >= 11 is 0. The molecular formula is C16F9. The standard InChI is InChI=1S/C16F9/c17-2-1-3(18)5-6-4(2)10(19)12(21)8-7(6)9(13(22)11(5)20)15(24)16(25)14(8)23. The highest BCUT2D eigenvalue weighted by Gasteiger charge is 2.33. The molecule has 0 bridgehead atoms. The van der Waals surface area contributed by atoms with Gasteiger partial charge < -0.3 is 0 Å². The third-order valence-electron chi connectivity index (χ3n) is 4.00. The van der Waals surface area contributed by atoms with Crippen LogP contribution in [-0.2, 0) is 0 Å². The first-order valence-corrected chi connectivity index (χ1v) is 6.45. The zero-order valence-electron chi connectivity index (χ0n) is 11.4. The maximum absolute atomic E-state index is 14.1. The Morgan fingerprint density at radius 2 is 0.600 bits per heavy atom. The summed E-state index contributed by atoms with van der Waals surface area (Å²) in [4.78, 5) is 0. The average Bonchev–Trinajstić information content (AvgIpc) is 2.55. The molecule has 9 heteroatoms. The highest BCUT2D eigenvalue weighted by atomic mass is 19.2. The molecule has 0 saturated carbocycles. The monoisotopic (exact) mass is 363 g/mol. The van der Waals surface area contributed by atoms with Crippen molar-refractivity contribution in [1.29, 1.82) is 0 Å². The van der Waals surface area contributed by atoms with Gasteiger partial charge in [0.25, 0.3) is 0 Å². The van der Waals surface area contributed by atoms with E-state index in [1.807, 2.05) is 0 Å². The molecule has 0 unspecified atom stereocenters. The van der Waals surface area contributed by atoms with E-state index >= 15 is 0 Å². The molecule has 0 amide bonds. The van der Waals surface area contributed by atoms with Crippen molar-refractivity contribution in [2.45, 2.75) is 0 Å². The summed E-state index contributed by atoms with van der Waals surface area (Å²) in [6.07, 6.45) is 0. The Morgan fingerprint density at radius 3 is 1.00 bits per heavy atom. The molecule has 0 aliphatic heterocycles. The summed E-state index contributed by atoms with van der Waals surface area (Å²) in [5.74, 6) is -19.1. The molecule has 0 aliphatic carbocycles. The summed E-state index contributed by atoms with van der Waals surface area (Å²) in [6.45, 7) is 0. The zero-order valence-corrected chi connectivity index (χ0v) is 11.4. The van der Waals surface area contributed by atoms with Crippen molar-refractivity contribution in [2.24, 2.45) is 0 Å². The first-order valence-electron chi connectivity index (χ1n) is 6.45. The van der Waals surface area contributed by atoms with Crippen molar-refractivity contribution in [2.75, 3.05) is 0 Å². The van der Waals surface area contributed by atoms with E-state index in [0.29, 0.717) is 0 Å². The van der Waals surface area contributed by atoms with Gasteiger partial charge in [-0.15, -0.1) is 0 Å². The van der Waals surface area contributed by atoms with Gasteiger partial charge in [0.15, 0.2) is 40.7 Å². The molecule has 0 saturated heterocycles. The fourth-order valence-electron chi connectivity index (χ4n) is 2.99. The van der Waals surface area contributed by atoms with Gasteiger partial charge in [0.1, 0.15) is 11.6 Å². The molecule has 4 aromatic carbocycles. The van der Waals surface area contributed by atoms with Crippen molar-refractivity contribution < 1.29 is 39.5 Å². The highest BCUT2D eigenvalue weighted by molar-refractivity contribution is 6.24. The maximum atomic E-state index is 14.1. The lowest BCUT2D eigenvalue weighted by Gasteiger charge is -2.16. The van der Waals surface area contributed by atoms with Crippen LogP contribution in [0.2, 0.25) is 0 Å². The van der Waals surface area contributed by atoms with Crippen molar-refractivity contribution in [3.8, 4) is 0 Å². The molecule has 0 N–H and O–H groups in total. The van der Waals surface area contributed by atoms with Crippen LogP contribution in [0.15, 0.2) is 0 Å². The van der Waals surface area contributed by atoms with Gasteiger partial charge in [0.2, 0.25) is 0 Å². The lowest BCUT2D eigenvalue weighted by Crippen LogP contribution is -2.06. The maximum Gasteiger partial charge on any atom is 0.195 e.